The standard InChI is InChI=1S/C21H30N2O3S/c1-2-8-18-11-5-6-14-23(18)16-19(24)15-22-27(25,26)21-13-7-10-17-9-3-4-12-20(17)21/h3-4,7,9-10,12-13,18-19,22,24H,2,5-6,8,11,14-16H2,1H3/t18?,19-/m0/s1. The van der Waals surface area contributed by atoms with E-state index in [9.17, 15) is 13.5 Å². The lowest BCUT2D eigenvalue weighted by Crippen LogP contribution is -2.46. The van der Waals surface area contributed by atoms with Crippen molar-refractivity contribution in [3.8, 4) is 0 Å². The van der Waals surface area contributed by atoms with Crippen LogP contribution in [0.3, 0.4) is 0 Å². The van der Waals surface area contributed by atoms with Crippen LogP contribution in [0.15, 0.2) is 47.4 Å². The minimum Gasteiger partial charge on any atom is -0.390 e. The SMILES string of the molecule is CCCC1CCCCN1C[C@@H](O)CNS(=O)(=O)c1cccc2ccccc12. The van der Waals surface area contributed by atoms with Gasteiger partial charge in [0, 0.05) is 24.5 Å². The normalized spacial score (nSPS) is 20.0. The molecule has 2 N–H and O–H groups in total. The third kappa shape index (κ3) is 5.08. The molecule has 2 aromatic rings. The molecular weight excluding hydrogens is 360 g/mol. The first-order valence-corrected chi connectivity index (χ1v) is 11.4. The maximum atomic E-state index is 12.8. The zero-order valence-corrected chi connectivity index (χ0v) is 16.8. The van der Waals surface area contributed by atoms with Crippen LogP contribution in [0.1, 0.15) is 39.0 Å². The summed E-state index contributed by atoms with van der Waals surface area (Å²) < 4.78 is 28.1. The number of likely N-dealkylation sites (tertiary alicyclic amines) is 1. The molecule has 3 rings (SSSR count). The predicted molar refractivity (Wildman–Crippen MR) is 109 cm³/mol. The summed E-state index contributed by atoms with van der Waals surface area (Å²) in [7, 11) is -3.68. The molecule has 1 fully saturated rings. The van der Waals surface area contributed by atoms with Gasteiger partial charge in [-0.1, -0.05) is 56.2 Å². The highest BCUT2D eigenvalue weighted by Gasteiger charge is 2.25. The van der Waals surface area contributed by atoms with E-state index in [1.54, 1.807) is 12.1 Å². The van der Waals surface area contributed by atoms with E-state index in [4.69, 9.17) is 0 Å². The number of hydrogen-bond donors (Lipinski definition) is 2. The maximum absolute atomic E-state index is 12.8. The molecule has 1 heterocycles. The molecule has 2 atom stereocenters. The lowest BCUT2D eigenvalue weighted by molar-refractivity contribution is 0.0662. The topological polar surface area (TPSA) is 69.6 Å². The van der Waals surface area contributed by atoms with E-state index in [0.717, 1.165) is 31.2 Å². The quantitative estimate of drug-likeness (QED) is 0.727. The Kier molecular flexibility index (Phi) is 6.87. The van der Waals surface area contributed by atoms with Crippen molar-refractivity contribution in [3.63, 3.8) is 0 Å². The van der Waals surface area contributed by atoms with Crippen molar-refractivity contribution in [2.24, 2.45) is 0 Å². The van der Waals surface area contributed by atoms with Crippen LogP contribution in [0.25, 0.3) is 10.8 Å². The van der Waals surface area contributed by atoms with Crippen LogP contribution in [0.5, 0.6) is 0 Å². The molecule has 27 heavy (non-hydrogen) atoms. The van der Waals surface area contributed by atoms with E-state index >= 15 is 0 Å². The molecule has 148 valence electrons. The molecule has 1 unspecified atom stereocenters. The molecule has 0 aliphatic carbocycles. The zero-order valence-electron chi connectivity index (χ0n) is 16.0. The smallest absolute Gasteiger partial charge is 0.241 e. The number of benzene rings is 2. The van der Waals surface area contributed by atoms with Gasteiger partial charge in [-0.25, -0.2) is 13.1 Å². The summed E-state index contributed by atoms with van der Waals surface area (Å²) in [5, 5.41) is 12.0. The molecule has 1 aliphatic rings. The van der Waals surface area contributed by atoms with Crippen molar-refractivity contribution in [3.05, 3.63) is 42.5 Å². The van der Waals surface area contributed by atoms with Crippen molar-refractivity contribution >= 4 is 20.8 Å². The number of fused-ring (bicyclic) bond motifs is 1. The predicted octanol–water partition coefficient (Wildman–Crippen LogP) is 3.13. The average molecular weight is 391 g/mol. The van der Waals surface area contributed by atoms with E-state index in [2.05, 4.69) is 16.5 Å². The Morgan fingerprint density at radius 3 is 2.78 bits per heavy atom. The fourth-order valence-electron chi connectivity index (χ4n) is 4.01. The molecule has 1 aliphatic heterocycles. The molecule has 0 bridgehead atoms. The number of nitrogens with one attached hydrogen (secondary N) is 1. The van der Waals surface area contributed by atoms with Crippen LogP contribution in [-0.2, 0) is 10.0 Å². The first-order chi connectivity index (χ1) is 13.0. The van der Waals surface area contributed by atoms with Gasteiger partial charge in [0.25, 0.3) is 0 Å². The van der Waals surface area contributed by atoms with Crippen LogP contribution < -0.4 is 4.72 Å². The van der Waals surface area contributed by atoms with Gasteiger partial charge in [-0.3, -0.25) is 4.90 Å². The number of piperidine rings is 1. The molecule has 0 radical (unpaired) electrons. The summed E-state index contributed by atoms with van der Waals surface area (Å²) in [5.41, 5.74) is 0. The number of nitrogens with zero attached hydrogens (tertiary/aromatic N) is 1. The average Bonchev–Trinajstić information content (AvgIpc) is 2.68. The minimum absolute atomic E-state index is 0.0287. The summed E-state index contributed by atoms with van der Waals surface area (Å²) in [6, 6.07) is 13.2. The van der Waals surface area contributed by atoms with E-state index in [1.165, 1.54) is 12.8 Å². The van der Waals surface area contributed by atoms with Crippen molar-refractivity contribution in [1.29, 1.82) is 0 Å². The van der Waals surface area contributed by atoms with Gasteiger partial charge in [-0.2, -0.15) is 0 Å². The van der Waals surface area contributed by atoms with Gasteiger partial charge in [0.1, 0.15) is 0 Å². The number of sulfonamides is 1. The molecule has 1 saturated heterocycles. The van der Waals surface area contributed by atoms with Gasteiger partial charge in [0.05, 0.1) is 11.0 Å². The minimum atomic E-state index is -3.68. The molecule has 0 spiro atoms. The van der Waals surface area contributed by atoms with Gasteiger partial charge >= 0.3 is 0 Å². The number of aliphatic hydroxyl groups excluding tert-OH is 1. The Bertz CT molecular complexity index is 846. The molecular formula is C21H30N2O3S. The largest absolute Gasteiger partial charge is 0.390 e. The molecule has 0 aromatic heterocycles. The third-order valence-corrected chi connectivity index (χ3v) is 6.85. The molecule has 5 nitrogen and oxygen atoms in total. The van der Waals surface area contributed by atoms with Gasteiger partial charge in [-0.15, -0.1) is 0 Å². The lowest BCUT2D eigenvalue weighted by Gasteiger charge is -2.36. The summed E-state index contributed by atoms with van der Waals surface area (Å²) >= 11 is 0. The number of hydrogen-bond acceptors (Lipinski definition) is 4. The van der Waals surface area contributed by atoms with Gasteiger partial charge in [-0.05, 0) is 37.3 Å². The maximum Gasteiger partial charge on any atom is 0.241 e. The second kappa shape index (κ2) is 9.15. The highest BCUT2D eigenvalue weighted by molar-refractivity contribution is 7.89. The van der Waals surface area contributed by atoms with Gasteiger partial charge < -0.3 is 5.11 Å². The highest BCUT2D eigenvalue weighted by Crippen LogP contribution is 2.23. The van der Waals surface area contributed by atoms with Gasteiger partial charge in [0.2, 0.25) is 10.0 Å². The molecule has 0 saturated carbocycles. The van der Waals surface area contributed by atoms with Crippen molar-refractivity contribution in [2.75, 3.05) is 19.6 Å². The first-order valence-electron chi connectivity index (χ1n) is 9.91. The van der Waals surface area contributed by atoms with Crippen molar-refractivity contribution in [1.82, 2.24) is 9.62 Å². The second-order valence-corrected chi connectivity index (χ2v) is 9.15. The van der Waals surface area contributed by atoms with Crippen LogP contribution in [0, 0.1) is 0 Å². The fourth-order valence-corrected chi connectivity index (χ4v) is 5.31. The van der Waals surface area contributed by atoms with E-state index < -0.39 is 16.1 Å². The van der Waals surface area contributed by atoms with E-state index in [-0.39, 0.29) is 11.4 Å². The third-order valence-electron chi connectivity index (χ3n) is 5.36. The molecule has 6 heteroatoms. The number of aliphatic hydroxyl groups is 1. The second-order valence-electron chi connectivity index (χ2n) is 7.42. The Morgan fingerprint density at radius 1 is 1.19 bits per heavy atom. The Balaban J connectivity index is 1.64. The van der Waals surface area contributed by atoms with Crippen LogP contribution in [0.2, 0.25) is 0 Å². The fraction of sp³-hybridized carbons (Fsp3) is 0.524. The van der Waals surface area contributed by atoms with Gasteiger partial charge in [0.15, 0.2) is 0 Å². The summed E-state index contributed by atoms with van der Waals surface area (Å²) in [6.07, 6.45) is 5.11. The molecule has 2 aromatic carbocycles. The van der Waals surface area contributed by atoms with E-state index in [0.29, 0.717) is 18.0 Å². The first kappa shape index (κ1) is 20.3. The van der Waals surface area contributed by atoms with Crippen LogP contribution in [-0.4, -0.2) is 50.2 Å². The number of rotatable bonds is 8. The number of β-amino-alcohol motifs (C(OH)–C–C–N with tert-alkyl or cyclic N) is 1. The monoisotopic (exact) mass is 390 g/mol. The van der Waals surface area contributed by atoms with Crippen LogP contribution >= 0.6 is 0 Å². The van der Waals surface area contributed by atoms with Crippen molar-refractivity contribution < 1.29 is 13.5 Å². The Morgan fingerprint density at radius 2 is 1.96 bits per heavy atom. The summed E-state index contributed by atoms with van der Waals surface area (Å²) in [6.45, 7) is 3.71. The Hall–Kier alpha value is -1.47. The highest BCUT2D eigenvalue weighted by atomic mass is 32.2. The Labute approximate surface area is 162 Å². The van der Waals surface area contributed by atoms with Crippen LogP contribution in [0.4, 0.5) is 0 Å². The van der Waals surface area contributed by atoms with E-state index in [1.807, 2.05) is 30.3 Å². The van der Waals surface area contributed by atoms with Crippen molar-refractivity contribution in [2.45, 2.75) is 56.1 Å². The summed E-state index contributed by atoms with van der Waals surface area (Å²) in [4.78, 5) is 2.58. The molecule has 0 amide bonds. The summed E-state index contributed by atoms with van der Waals surface area (Å²) in [5.74, 6) is 0. The zero-order chi connectivity index (χ0) is 19.3. The lowest BCUT2D eigenvalue weighted by atomic mass is 9.98.